The van der Waals surface area contributed by atoms with E-state index in [-0.39, 0.29) is 17.6 Å². The number of anilines is 1. The maximum absolute atomic E-state index is 12.3. The normalized spacial score (nSPS) is 10.7. The Morgan fingerprint density at radius 2 is 2.00 bits per heavy atom. The van der Waals surface area contributed by atoms with Gasteiger partial charge in [-0.2, -0.15) is 0 Å². The lowest BCUT2D eigenvalue weighted by Crippen LogP contribution is -2.28. The Morgan fingerprint density at radius 3 is 2.67 bits per heavy atom. The zero-order valence-corrected chi connectivity index (χ0v) is 14.4. The topological polar surface area (TPSA) is 62.6 Å². The molecule has 1 aromatic carbocycles. The molecule has 0 aliphatic rings. The highest BCUT2D eigenvalue weighted by Crippen LogP contribution is 2.21. The maximum Gasteiger partial charge on any atom is 0.286 e. The Hall–Kier alpha value is -2.56. The third kappa shape index (κ3) is 4.72. The molecule has 0 fully saturated rings. The van der Waals surface area contributed by atoms with Crippen LogP contribution in [-0.4, -0.2) is 25.4 Å². The second-order valence-electron chi connectivity index (χ2n) is 6.04. The molecule has 0 spiro atoms. The average Bonchev–Trinajstić information content (AvgIpc) is 3.12. The largest absolute Gasteiger partial charge is 0.459 e. The van der Waals surface area contributed by atoms with Crippen molar-refractivity contribution in [1.82, 2.24) is 5.32 Å². The number of hydrogen-bond donors (Lipinski definition) is 1. The molecule has 5 nitrogen and oxygen atoms in total. The number of benzene rings is 1. The van der Waals surface area contributed by atoms with Gasteiger partial charge in [-0.1, -0.05) is 26.0 Å². The molecule has 0 bridgehead atoms. The van der Waals surface area contributed by atoms with Crippen molar-refractivity contribution in [2.75, 3.05) is 18.5 Å². The Morgan fingerprint density at radius 1 is 1.21 bits per heavy atom. The summed E-state index contributed by atoms with van der Waals surface area (Å²) in [6.45, 7) is 4.69. The van der Waals surface area contributed by atoms with Gasteiger partial charge in [-0.3, -0.25) is 9.59 Å². The van der Waals surface area contributed by atoms with Crippen molar-refractivity contribution in [2.24, 2.45) is 0 Å². The predicted molar refractivity (Wildman–Crippen MR) is 94.2 cm³/mol. The molecule has 0 aliphatic carbocycles. The van der Waals surface area contributed by atoms with Crippen LogP contribution in [0, 0.1) is 0 Å². The molecule has 1 heterocycles. The van der Waals surface area contributed by atoms with Gasteiger partial charge in [0, 0.05) is 25.7 Å². The van der Waals surface area contributed by atoms with E-state index in [1.165, 1.54) is 11.8 Å². The number of rotatable bonds is 7. The molecule has 0 saturated heterocycles. The van der Waals surface area contributed by atoms with Gasteiger partial charge < -0.3 is 14.6 Å². The molecule has 24 heavy (non-hydrogen) atoms. The molecule has 128 valence electrons. The van der Waals surface area contributed by atoms with E-state index in [9.17, 15) is 9.59 Å². The van der Waals surface area contributed by atoms with E-state index in [0.29, 0.717) is 25.3 Å². The fourth-order valence-corrected chi connectivity index (χ4v) is 2.34. The first-order chi connectivity index (χ1) is 11.5. The summed E-state index contributed by atoms with van der Waals surface area (Å²) >= 11 is 0. The highest BCUT2D eigenvalue weighted by atomic mass is 16.3. The number of nitrogens with one attached hydrogen (secondary N) is 1. The van der Waals surface area contributed by atoms with Crippen LogP contribution in [0.1, 0.15) is 48.7 Å². The average molecular weight is 328 g/mol. The lowest BCUT2D eigenvalue weighted by molar-refractivity contribution is -0.118. The molecular weight excluding hydrogens is 304 g/mol. The number of nitrogens with zero attached hydrogens (tertiary/aromatic N) is 1. The molecule has 1 N–H and O–H groups in total. The van der Waals surface area contributed by atoms with Gasteiger partial charge in [0.1, 0.15) is 0 Å². The van der Waals surface area contributed by atoms with Crippen molar-refractivity contribution >= 4 is 17.5 Å². The van der Waals surface area contributed by atoms with Crippen LogP contribution in [0.25, 0.3) is 0 Å². The second kappa shape index (κ2) is 8.34. The van der Waals surface area contributed by atoms with E-state index >= 15 is 0 Å². The Bertz CT molecular complexity index is 678. The number of hydrogen-bond acceptors (Lipinski definition) is 3. The number of amides is 2. The van der Waals surface area contributed by atoms with Crippen molar-refractivity contribution in [1.29, 1.82) is 0 Å². The zero-order chi connectivity index (χ0) is 17.5. The first-order valence-electron chi connectivity index (χ1n) is 8.17. The van der Waals surface area contributed by atoms with E-state index in [4.69, 9.17) is 4.42 Å². The standard InChI is InChI=1S/C19H24N2O3/c1-14(2)15-7-4-8-16(13-15)21(3)18(22)10-5-11-20-19(23)17-9-6-12-24-17/h4,6-9,12-14H,5,10-11H2,1-3H3,(H,20,23). The van der Waals surface area contributed by atoms with Crippen LogP contribution in [0.5, 0.6) is 0 Å². The number of furan rings is 1. The summed E-state index contributed by atoms with van der Waals surface area (Å²) < 4.78 is 5.01. The molecular formula is C19H24N2O3. The van der Waals surface area contributed by atoms with Crippen LogP contribution in [0.3, 0.4) is 0 Å². The lowest BCUT2D eigenvalue weighted by atomic mass is 10.0. The lowest BCUT2D eigenvalue weighted by Gasteiger charge is -2.19. The summed E-state index contributed by atoms with van der Waals surface area (Å²) in [7, 11) is 1.78. The van der Waals surface area contributed by atoms with Crippen LogP contribution >= 0.6 is 0 Å². The quantitative estimate of drug-likeness (QED) is 0.790. The van der Waals surface area contributed by atoms with Gasteiger partial charge in [0.15, 0.2) is 5.76 Å². The minimum absolute atomic E-state index is 0.0307. The van der Waals surface area contributed by atoms with E-state index < -0.39 is 0 Å². The highest BCUT2D eigenvalue weighted by molar-refractivity contribution is 5.93. The van der Waals surface area contributed by atoms with Crippen molar-refractivity contribution in [2.45, 2.75) is 32.6 Å². The van der Waals surface area contributed by atoms with Crippen molar-refractivity contribution in [3.8, 4) is 0 Å². The molecule has 5 heteroatoms. The maximum atomic E-state index is 12.3. The number of carbonyl (C=O) groups is 2. The van der Waals surface area contributed by atoms with Gasteiger partial charge in [0.2, 0.25) is 5.91 Å². The summed E-state index contributed by atoms with van der Waals surface area (Å²) in [6, 6.07) is 11.3. The molecule has 2 amide bonds. The Kier molecular flexibility index (Phi) is 6.18. The van der Waals surface area contributed by atoms with Crippen molar-refractivity contribution in [3.05, 3.63) is 54.0 Å². The summed E-state index contributed by atoms with van der Waals surface area (Å²) in [4.78, 5) is 25.7. The van der Waals surface area contributed by atoms with Gasteiger partial charge in [-0.25, -0.2) is 0 Å². The first-order valence-corrected chi connectivity index (χ1v) is 8.17. The van der Waals surface area contributed by atoms with Gasteiger partial charge in [0.05, 0.1) is 6.26 Å². The molecule has 1 aromatic heterocycles. The molecule has 0 atom stereocenters. The monoisotopic (exact) mass is 328 g/mol. The fraction of sp³-hybridized carbons (Fsp3) is 0.368. The smallest absolute Gasteiger partial charge is 0.286 e. The third-order valence-corrected chi connectivity index (χ3v) is 3.90. The highest BCUT2D eigenvalue weighted by Gasteiger charge is 2.12. The molecule has 0 aliphatic heterocycles. The summed E-state index contributed by atoms with van der Waals surface area (Å²) in [6.07, 6.45) is 2.42. The van der Waals surface area contributed by atoms with E-state index in [1.807, 2.05) is 18.2 Å². The van der Waals surface area contributed by atoms with Crippen molar-refractivity contribution in [3.63, 3.8) is 0 Å². The van der Waals surface area contributed by atoms with Gasteiger partial charge in [-0.15, -0.1) is 0 Å². The number of carbonyl (C=O) groups excluding carboxylic acids is 2. The third-order valence-electron chi connectivity index (χ3n) is 3.90. The molecule has 2 aromatic rings. The second-order valence-corrected chi connectivity index (χ2v) is 6.04. The SMILES string of the molecule is CC(C)c1cccc(N(C)C(=O)CCCNC(=O)c2ccco2)c1. The molecule has 0 unspecified atom stereocenters. The molecule has 2 rings (SSSR count). The Labute approximate surface area is 142 Å². The van der Waals surface area contributed by atoms with Gasteiger partial charge in [-0.05, 0) is 42.2 Å². The summed E-state index contributed by atoms with van der Waals surface area (Å²) in [5.74, 6) is 0.475. The Balaban J connectivity index is 1.79. The molecule has 0 radical (unpaired) electrons. The fourth-order valence-electron chi connectivity index (χ4n) is 2.34. The van der Waals surface area contributed by atoms with E-state index in [2.05, 4.69) is 25.2 Å². The summed E-state index contributed by atoms with van der Waals surface area (Å²) in [5, 5.41) is 2.74. The zero-order valence-electron chi connectivity index (χ0n) is 14.4. The van der Waals surface area contributed by atoms with Crippen LogP contribution in [0.2, 0.25) is 0 Å². The summed E-state index contributed by atoms with van der Waals surface area (Å²) in [5.41, 5.74) is 2.10. The van der Waals surface area contributed by atoms with E-state index in [0.717, 1.165) is 5.69 Å². The van der Waals surface area contributed by atoms with Crippen LogP contribution in [0.15, 0.2) is 47.1 Å². The predicted octanol–water partition coefficient (Wildman–Crippen LogP) is 3.58. The van der Waals surface area contributed by atoms with Gasteiger partial charge in [0.25, 0.3) is 5.91 Å². The van der Waals surface area contributed by atoms with Crippen LogP contribution < -0.4 is 10.2 Å². The van der Waals surface area contributed by atoms with E-state index in [1.54, 1.807) is 24.1 Å². The van der Waals surface area contributed by atoms with Crippen LogP contribution in [-0.2, 0) is 4.79 Å². The van der Waals surface area contributed by atoms with Crippen LogP contribution in [0.4, 0.5) is 5.69 Å². The molecule has 0 saturated carbocycles. The van der Waals surface area contributed by atoms with Crippen molar-refractivity contribution < 1.29 is 14.0 Å². The minimum Gasteiger partial charge on any atom is -0.459 e. The van der Waals surface area contributed by atoms with Gasteiger partial charge >= 0.3 is 0 Å². The first kappa shape index (κ1) is 17.8. The minimum atomic E-state index is -0.259.